The maximum absolute atomic E-state index is 11.0. The number of phenolic OH excluding ortho intramolecular Hbond substituents is 1. The summed E-state index contributed by atoms with van der Waals surface area (Å²) in [4.78, 5) is 11.0. The molecule has 0 saturated carbocycles. The Kier molecular flexibility index (Phi) is 5.39. The van der Waals surface area contributed by atoms with E-state index in [1.165, 1.54) is 12.1 Å². The van der Waals surface area contributed by atoms with Crippen LogP contribution in [0.4, 0.5) is 0 Å². The maximum Gasteiger partial charge on any atom is 0.335 e. The van der Waals surface area contributed by atoms with E-state index in [-0.39, 0.29) is 18.1 Å². The van der Waals surface area contributed by atoms with Gasteiger partial charge in [0.15, 0.2) is 17.6 Å². The van der Waals surface area contributed by atoms with Crippen LogP contribution in [0.5, 0.6) is 11.5 Å². The van der Waals surface area contributed by atoms with Gasteiger partial charge in [-0.1, -0.05) is 6.07 Å². The number of aromatic hydroxyl groups is 1. The molecule has 1 aromatic rings. The summed E-state index contributed by atoms with van der Waals surface area (Å²) < 4.78 is 10.2. The van der Waals surface area contributed by atoms with E-state index in [4.69, 9.17) is 19.7 Å². The minimum atomic E-state index is -1.82. The van der Waals surface area contributed by atoms with Crippen molar-refractivity contribution in [2.45, 2.75) is 37.1 Å². The summed E-state index contributed by atoms with van der Waals surface area (Å²) in [6.45, 7) is -0.126. The van der Waals surface area contributed by atoms with Gasteiger partial charge < -0.3 is 40.1 Å². The van der Waals surface area contributed by atoms with Crippen molar-refractivity contribution < 1.29 is 44.9 Å². The number of aliphatic carboxylic acids is 1. The number of hydrogen-bond acceptors (Lipinski definition) is 8. The number of aliphatic hydroxyl groups is 4. The molecular weight excluding hydrogens is 312 g/mol. The summed E-state index contributed by atoms with van der Waals surface area (Å²) in [5.41, 5.74) is 0.626. The van der Waals surface area contributed by atoms with Crippen LogP contribution in [-0.4, -0.2) is 73.9 Å². The predicted molar refractivity (Wildman–Crippen MR) is 73.8 cm³/mol. The van der Waals surface area contributed by atoms with Gasteiger partial charge in [0.1, 0.15) is 18.3 Å². The predicted octanol–water partition coefficient (Wildman–Crippen LogP) is -1.80. The molecule has 1 aliphatic heterocycles. The van der Waals surface area contributed by atoms with E-state index >= 15 is 0 Å². The van der Waals surface area contributed by atoms with Crippen LogP contribution in [0.15, 0.2) is 18.2 Å². The van der Waals surface area contributed by atoms with Crippen molar-refractivity contribution in [1.29, 1.82) is 0 Å². The highest BCUT2D eigenvalue weighted by Crippen LogP contribution is 2.31. The second-order valence-corrected chi connectivity index (χ2v) is 5.13. The van der Waals surface area contributed by atoms with Crippen LogP contribution < -0.4 is 4.74 Å². The standard InChI is InChI=1S/C14H18O9/c15-4-3-6-1-2-7(16)8(5-6)22-14-11(19)9(17)10(18)12(23-14)13(20)21/h1-2,5,9-12,14-19H,3-4H2,(H,20,21)/t9-,10-,11?,12?,14+/m0/s1. The number of carboxylic acid groups (broad SMARTS) is 1. The summed E-state index contributed by atoms with van der Waals surface area (Å²) in [7, 11) is 0. The second-order valence-electron chi connectivity index (χ2n) is 5.13. The van der Waals surface area contributed by atoms with E-state index < -0.39 is 36.7 Å². The average Bonchev–Trinajstić information content (AvgIpc) is 2.50. The van der Waals surface area contributed by atoms with Gasteiger partial charge in [-0.15, -0.1) is 0 Å². The monoisotopic (exact) mass is 330 g/mol. The third-order valence-corrected chi connectivity index (χ3v) is 3.48. The van der Waals surface area contributed by atoms with Gasteiger partial charge in [-0.05, 0) is 24.1 Å². The molecule has 0 radical (unpaired) electrons. The smallest absolute Gasteiger partial charge is 0.335 e. The zero-order chi connectivity index (χ0) is 17.1. The van der Waals surface area contributed by atoms with E-state index in [1.807, 2.05) is 0 Å². The number of aliphatic hydroxyl groups excluding tert-OH is 4. The first-order chi connectivity index (χ1) is 10.8. The van der Waals surface area contributed by atoms with Gasteiger partial charge in [0.2, 0.25) is 6.29 Å². The molecule has 0 amide bonds. The van der Waals surface area contributed by atoms with Gasteiger partial charge in [0, 0.05) is 6.61 Å². The van der Waals surface area contributed by atoms with Crippen LogP contribution >= 0.6 is 0 Å². The van der Waals surface area contributed by atoms with Crippen LogP contribution in [-0.2, 0) is 16.0 Å². The number of ether oxygens (including phenoxy) is 2. The molecular formula is C14H18O9. The Morgan fingerprint density at radius 1 is 1.17 bits per heavy atom. The van der Waals surface area contributed by atoms with E-state index in [9.17, 15) is 25.2 Å². The number of rotatable bonds is 5. The van der Waals surface area contributed by atoms with Gasteiger partial charge in [-0.2, -0.15) is 0 Å². The number of carboxylic acids is 1. The first-order valence-electron chi connectivity index (χ1n) is 6.87. The number of phenols is 1. The van der Waals surface area contributed by atoms with Crippen LogP contribution in [0.25, 0.3) is 0 Å². The van der Waals surface area contributed by atoms with Gasteiger partial charge >= 0.3 is 5.97 Å². The SMILES string of the molecule is O=C(O)C1O[C@@H](Oc2cc(CCO)ccc2O)C(O)[C@@H](O)[C@@H]1O. The summed E-state index contributed by atoms with van der Waals surface area (Å²) in [5, 5.41) is 56.8. The van der Waals surface area contributed by atoms with Gasteiger partial charge in [0.05, 0.1) is 0 Å². The molecule has 0 bridgehead atoms. The van der Waals surface area contributed by atoms with Crippen LogP contribution in [0.2, 0.25) is 0 Å². The highest BCUT2D eigenvalue weighted by Gasteiger charge is 2.48. The van der Waals surface area contributed by atoms with Crippen molar-refractivity contribution in [3.05, 3.63) is 23.8 Å². The van der Waals surface area contributed by atoms with Crippen LogP contribution in [0.3, 0.4) is 0 Å². The summed E-state index contributed by atoms with van der Waals surface area (Å²) in [6, 6.07) is 4.24. The molecule has 5 atom stereocenters. The molecule has 9 heteroatoms. The quantitative estimate of drug-likeness (QED) is 0.366. The van der Waals surface area contributed by atoms with Crippen molar-refractivity contribution >= 4 is 5.97 Å². The van der Waals surface area contributed by atoms with Gasteiger partial charge in [0.25, 0.3) is 0 Å². The third-order valence-electron chi connectivity index (χ3n) is 3.48. The highest BCUT2D eigenvalue weighted by atomic mass is 16.7. The lowest BCUT2D eigenvalue weighted by atomic mass is 9.99. The topological polar surface area (TPSA) is 157 Å². The van der Waals surface area contributed by atoms with E-state index in [0.29, 0.717) is 12.0 Å². The molecule has 1 heterocycles. The Bertz CT molecular complexity index is 561. The third kappa shape index (κ3) is 3.71. The maximum atomic E-state index is 11.0. The first kappa shape index (κ1) is 17.4. The molecule has 9 nitrogen and oxygen atoms in total. The van der Waals surface area contributed by atoms with Gasteiger partial charge in [-0.25, -0.2) is 4.79 Å². The van der Waals surface area contributed by atoms with Gasteiger partial charge in [-0.3, -0.25) is 0 Å². The minimum Gasteiger partial charge on any atom is -0.504 e. The fourth-order valence-corrected chi connectivity index (χ4v) is 2.21. The Labute approximate surface area is 130 Å². The molecule has 2 rings (SSSR count). The zero-order valence-electron chi connectivity index (χ0n) is 11.9. The highest BCUT2D eigenvalue weighted by molar-refractivity contribution is 5.73. The van der Waals surface area contributed by atoms with E-state index in [0.717, 1.165) is 0 Å². The summed E-state index contributed by atoms with van der Waals surface area (Å²) >= 11 is 0. The fraction of sp³-hybridized carbons (Fsp3) is 0.500. The number of benzene rings is 1. The molecule has 1 aromatic carbocycles. The number of hydrogen-bond donors (Lipinski definition) is 6. The van der Waals surface area contributed by atoms with Crippen LogP contribution in [0.1, 0.15) is 5.56 Å². The molecule has 0 aromatic heterocycles. The lowest BCUT2D eigenvalue weighted by molar-refractivity contribution is -0.271. The Balaban J connectivity index is 2.21. The van der Waals surface area contributed by atoms with Crippen molar-refractivity contribution in [2.24, 2.45) is 0 Å². The molecule has 0 spiro atoms. The molecule has 128 valence electrons. The molecule has 1 saturated heterocycles. The number of carbonyl (C=O) groups is 1. The Hall–Kier alpha value is -1.91. The minimum absolute atomic E-state index is 0.118. The fourth-order valence-electron chi connectivity index (χ4n) is 2.21. The lowest BCUT2D eigenvalue weighted by Crippen LogP contribution is -2.61. The van der Waals surface area contributed by atoms with E-state index in [2.05, 4.69) is 0 Å². The second kappa shape index (κ2) is 7.11. The normalized spacial score (nSPS) is 30.9. The van der Waals surface area contributed by atoms with Crippen molar-refractivity contribution in [3.8, 4) is 11.5 Å². The Morgan fingerprint density at radius 3 is 2.48 bits per heavy atom. The zero-order valence-corrected chi connectivity index (χ0v) is 11.9. The van der Waals surface area contributed by atoms with Crippen molar-refractivity contribution in [1.82, 2.24) is 0 Å². The average molecular weight is 330 g/mol. The molecule has 1 fully saturated rings. The van der Waals surface area contributed by atoms with Crippen LogP contribution in [0, 0.1) is 0 Å². The largest absolute Gasteiger partial charge is 0.504 e. The van der Waals surface area contributed by atoms with E-state index in [1.54, 1.807) is 6.07 Å². The molecule has 1 aliphatic rings. The Morgan fingerprint density at radius 2 is 1.87 bits per heavy atom. The van der Waals surface area contributed by atoms with Crippen molar-refractivity contribution in [3.63, 3.8) is 0 Å². The molecule has 2 unspecified atom stereocenters. The molecule has 23 heavy (non-hydrogen) atoms. The molecule has 6 N–H and O–H groups in total. The molecule has 0 aliphatic carbocycles. The summed E-state index contributed by atoms with van der Waals surface area (Å²) in [6.07, 6.45) is -8.44. The summed E-state index contributed by atoms with van der Waals surface area (Å²) in [5.74, 6) is -1.95. The lowest BCUT2D eigenvalue weighted by Gasteiger charge is -2.38. The first-order valence-corrected chi connectivity index (χ1v) is 6.87. The van der Waals surface area contributed by atoms with Crippen molar-refractivity contribution in [2.75, 3.05) is 6.61 Å².